The van der Waals surface area contributed by atoms with Gasteiger partial charge < -0.3 is 19.9 Å². The molecule has 1 aliphatic rings. The van der Waals surface area contributed by atoms with Crippen LogP contribution in [-0.2, 0) is 4.74 Å². The smallest absolute Gasteiger partial charge is 0.410 e. The topological polar surface area (TPSA) is 44.8 Å². The molecular weight excluding hydrogens is 302 g/mol. The normalized spacial score (nSPS) is 21.2. The first-order chi connectivity index (χ1) is 11.2. The molecule has 0 aromatic heterocycles. The summed E-state index contributed by atoms with van der Waals surface area (Å²) in [7, 11) is 1.82. The number of amides is 1. The molecular formula is C19H39N3O2. The number of hydrogen-bond acceptors (Lipinski definition) is 4. The molecule has 0 aromatic rings. The fourth-order valence-electron chi connectivity index (χ4n) is 3.21. The second-order valence-electron chi connectivity index (χ2n) is 8.34. The first-order valence-corrected chi connectivity index (χ1v) is 9.61. The molecule has 0 bridgehead atoms. The van der Waals surface area contributed by atoms with Crippen LogP contribution in [0.1, 0.15) is 60.3 Å². The summed E-state index contributed by atoms with van der Waals surface area (Å²) in [4.78, 5) is 16.3. The zero-order chi connectivity index (χ0) is 18.2. The molecule has 0 saturated carbocycles. The van der Waals surface area contributed by atoms with Crippen LogP contribution in [0.4, 0.5) is 4.79 Å². The first kappa shape index (κ1) is 21.2. The van der Waals surface area contributed by atoms with Crippen molar-refractivity contribution in [3.63, 3.8) is 0 Å². The average molecular weight is 342 g/mol. The van der Waals surface area contributed by atoms with Gasteiger partial charge in [0.25, 0.3) is 0 Å². The highest BCUT2D eigenvalue weighted by molar-refractivity contribution is 5.67. The summed E-state index contributed by atoms with van der Waals surface area (Å²) in [6, 6.07) is 0.612. The Labute approximate surface area is 149 Å². The SMILES string of the molecule is CCCN1CCCC(NCC(C)CN(C)C(=O)OC(C)(C)C)CC1. The van der Waals surface area contributed by atoms with Gasteiger partial charge in [0, 0.05) is 19.6 Å². The molecule has 5 nitrogen and oxygen atoms in total. The van der Waals surface area contributed by atoms with E-state index in [-0.39, 0.29) is 6.09 Å². The minimum atomic E-state index is -0.433. The van der Waals surface area contributed by atoms with Crippen LogP contribution in [0, 0.1) is 5.92 Å². The van der Waals surface area contributed by atoms with Crippen molar-refractivity contribution >= 4 is 6.09 Å². The van der Waals surface area contributed by atoms with Crippen LogP contribution in [0.5, 0.6) is 0 Å². The van der Waals surface area contributed by atoms with E-state index < -0.39 is 5.60 Å². The quantitative estimate of drug-likeness (QED) is 0.771. The van der Waals surface area contributed by atoms with Crippen LogP contribution in [0.3, 0.4) is 0 Å². The maximum Gasteiger partial charge on any atom is 0.410 e. The van der Waals surface area contributed by atoms with E-state index in [9.17, 15) is 4.79 Å². The van der Waals surface area contributed by atoms with Crippen molar-refractivity contribution in [2.24, 2.45) is 5.92 Å². The number of ether oxygens (including phenoxy) is 1. The summed E-state index contributed by atoms with van der Waals surface area (Å²) in [5.74, 6) is 0.414. The van der Waals surface area contributed by atoms with Crippen LogP contribution < -0.4 is 5.32 Å². The number of nitrogens with zero attached hydrogens (tertiary/aromatic N) is 2. The summed E-state index contributed by atoms with van der Waals surface area (Å²) in [6.45, 7) is 15.5. The molecule has 1 aliphatic heterocycles. The second kappa shape index (κ2) is 10.2. The van der Waals surface area contributed by atoms with Gasteiger partial charge in [-0.05, 0) is 78.6 Å². The maximum atomic E-state index is 12.0. The van der Waals surface area contributed by atoms with Gasteiger partial charge in [0.2, 0.25) is 0 Å². The third-order valence-electron chi connectivity index (χ3n) is 4.41. The van der Waals surface area contributed by atoms with Gasteiger partial charge in [0.1, 0.15) is 5.60 Å². The Bertz CT molecular complexity index is 368. The molecule has 0 aliphatic carbocycles. The lowest BCUT2D eigenvalue weighted by molar-refractivity contribution is 0.0276. The van der Waals surface area contributed by atoms with Crippen LogP contribution in [0.25, 0.3) is 0 Å². The van der Waals surface area contributed by atoms with Gasteiger partial charge in [-0.25, -0.2) is 4.79 Å². The molecule has 24 heavy (non-hydrogen) atoms. The van der Waals surface area contributed by atoms with Crippen LogP contribution in [0.15, 0.2) is 0 Å². The molecule has 1 heterocycles. The van der Waals surface area contributed by atoms with Crippen molar-refractivity contribution in [3.05, 3.63) is 0 Å². The number of carbonyl (C=O) groups is 1. The number of rotatable bonds is 7. The van der Waals surface area contributed by atoms with Crippen LogP contribution in [-0.4, -0.2) is 67.3 Å². The van der Waals surface area contributed by atoms with Crippen molar-refractivity contribution in [3.8, 4) is 0 Å². The van der Waals surface area contributed by atoms with Crippen LogP contribution in [0.2, 0.25) is 0 Å². The molecule has 1 N–H and O–H groups in total. The Morgan fingerprint density at radius 2 is 2.04 bits per heavy atom. The van der Waals surface area contributed by atoms with Crippen molar-refractivity contribution < 1.29 is 9.53 Å². The predicted octanol–water partition coefficient (Wildman–Crippen LogP) is 3.34. The third-order valence-corrected chi connectivity index (χ3v) is 4.41. The Kier molecular flexibility index (Phi) is 9.06. The van der Waals surface area contributed by atoms with E-state index in [0.29, 0.717) is 12.0 Å². The Balaban J connectivity index is 2.28. The van der Waals surface area contributed by atoms with E-state index in [0.717, 1.165) is 13.1 Å². The zero-order valence-electron chi connectivity index (χ0n) is 16.7. The van der Waals surface area contributed by atoms with Gasteiger partial charge in [-0.15, -0.1) is 0 Å². The summed E-state index contributed by atoms with van der Waals surface area (Å²) in [6.07, 6.45) is 4.78. The van der Waals surface area contributed by atoms with E-state index in [1.165, 1.54) is 45.3 Å². The van der Waals surface area contributed by atoms with E-state index in [1.807, 2.05) is 27.8 Å². The van der Waals surface area contributed by atoms with Crippen molar-refractivity contribution in [1.29, 1.82) is 0 Å². The predicted molar refractivity (Wildman–Crippen MR) is 100 cm³/mol. The second-order valence-corrected chi connectivity index (χ2v) is 8.34. The zero-order valence-corrected chi connectivity index (χ0v) is 16.7. The molecule has 1 rings (SSSR count). The van der Waals surface area contributed by atoms with Gasteiger partial charge in [-0.2, -0.15) is 0 Å². The van der Waals surface area contributed by atoms with Gasteiger partial charge in [0.15, 0.2) is 0 Å². The molecule has 0 spiro atoms. The molecule has 0 radical (unpaired) electrons. The minimum Gasteiger partial charge on any atom is -0.444 e. The summed E-state index contributed by atoms with van der Waals surface area (Å²) in [5, 5.41) is 3.71. The minimum absolute atomic E-state index is 0.237. The molecule has 5 heteroatoms. The molecule has 1 saturated heterocycles. The third kappa shape index (κ3) is 8.88. The average Bonchev–Trinajstić information content (AvgIpc) is 2.69. The molecule has 2 atom stereocenters. The van der Waals surface area contributed by atoms with Gasteiger partial charge in [0.05, 0.1) is 0 Å². The highest BCUT2D eigenvalue weighted by Gasteiger charge is 2.21. The van der Waals surface area contributed by atoms with E-state index in [2.05, 4.69) is 24.1 Å². The molecule has 2 unspecified atom stereocenters. The van der Waals surface area contributed by atoms with Crippen molar-refractivity contribution in [2.75, 3.05) is 39.8 Å². The summed E-state index contributed by atoms with van der Waals surface area (Å²) < 4.78 is 5.41. The fourth-order valence-corrected chi connectivity index (χ4v) is 3.21. The molecule has 0 aromatic carbocycles. The number of likely N-dealkylation sites (tertiary alicyclic amines) is 1. The van der Waals surface area contributed by atoms with Crippen molar-refractivity contribution in [1.82, 2.24) is 15.1 Å². The molecule has 1 amide bonds. The summed E-state index contributed by atoms with van der Waals surface area (Å²) >= 11 is 0. The number of carbonyl (C=O) groups excluding carboxylic acids is 1. The van der Waals surface area contributed by atoms with E-state index >= 15 is 0 Å². The Hall–Kier alpha value is -0.810. The Morgan fingerprint density at radius 1 is 1.33 bits per heavy atom. The highest BCUT2D eigenvalue weighted by atomic mass is 16.6. The first-order valence-electron chi connectivity index (χ1n) is 9.61. The van der Waals surface area contributed by atoms with Gasteiger partial charge in [-0.3, -0.25) is 0 Å². The number of hydrogen-bond donors (Lipinski definition) is 1. The van der Waals surface area contributed by atoms with Gasteiger partial charge >= 0.3 is 6.09 Å². The lowest BCUT2D eigenvalue weighted by atomic mass is 10.1. The molecule has 142 valence electrons. The summed E-state index contributed by atoms with van der Waals surface area (Å²) in [5.41, 5.74) is -0.433. The van der Waals surface area contributed by atoms with Crippen LogP contribution >= 0.6 is 0 Å². The number of nitrogens with one attached hydrogen (secondary N) is 1. The van der Waals surface area contributed by atoms with E-state index in [4.69, 9.17) is 4.74 Å². The fraction of sp³-hybridized carbons (Fsp3) is 0.947. The maximum absolute atomic E-state index is 12.0. The monoisotopic (exact) mass is 341 g/mol. The highest BCUT2D eigenvalue weighted by Crippen LogP contribution is 2.13. The van der Waals surface area contributed by atoms with Gasteiger partial charge in [-0.1, -0.05) is 13.8 Å². The largest absolute Gasteiger partial charge is 0.444 e. The van der Waals surface area contributed by atoms with Crippen molar-refractivity contribution in [2.45, 2.75) is 71.9 Å². The molecule has 1 fully saturated rings. The lowest BCUT2D eigenvalue weighted by Crippen LogP contribution is -2.40. The Morgan fingerprint density at radius 3 is 2.67 bits per heavy atom. The lowest BCUT2D eigenvalue weighted by Gasteiger charge is -2.27. The standard InChI is InChI=1S/C19H39N3O2/c1-7-11-22-12-8-9-17(10-13-22)20-14-16(2)15-21(6)18(23)24-19(3,4)5/h16-17,20H,7-15H2,1-6H3. The van der Waals surface area contributed by atoms with E-state index in [1.54, 1.807) is 4.90 Å².